The Balaban J connectivity index is 1.81. The molecule has 2 rings (SSSR count). The van der Waals surface area contributed by atoms with Crippen LogP contribution in [-0.2, 0) is 4.79 Å². The summed E-state index contributed by atoms with van der Waals surface area (Å²) in [5.41, 5.74) is 0.514. The van der Waals surface area contributed by atoms with Crippen molar-refractivity contribution >= 4 is 23.2 Å². The zero-order chi connectivity index (χ0) is 14.5. The first-order valence-electron chi connectivity index (χ1n) is 7.04. The second-order valence-corrected chi connectivity index (χ2v) is 5.83. The Morgan fingerprint density at radius 2 is 2.15 bits per heavy atom. The highest BCUT2D eigenvalue weighted by Crippen LogP contribution is 2.23. The zero-order valence-electron chi connectivity index (χ0n) is 11.6. The fourth-order valence-electron chi connectivity index (χ4n) is 2.62. The van der Waals surface area contributed by atoms with Crippen LogP contribution < -0.4 is 10.6 Å². The molecule has 5 heteroatoms. The molecule has 0 saturated heterocycles. The van der Waals surface area contributed by atoms with E-state index < -0.39 is 5.82 Å². The molecule has 1 amide bonds. The summed E-state index contributed by atoms with van der Waals surface area (Å²) in [6, 6.07) is 4.57. The van der Waals surface area contributed by atoms with Crippen LogP contribution in [0.2, 0.25) is 5.02 Å². The smallest absolute Gasteiger partial charge is 0.238 e. The van der Waals surface area contributed by atoms with Crippen molar-refractivity contribution in [3.05, 3.63) is 29.0 Å². The number of benzene rings is 1. The van der Waals surface area contributed by atoms with E-state index in [0.29, 0.717) is 17.6 Å². The first-order valence-corrected chi connectivity index (χ1v) is 7.42. The summed E-state index contributed by atoms with van der Waals surface area (Å²) in [6.45, 7) is 2.48. The molecule has 2 atom stereocenters. The van der Waals surface area contributed by atoms with E-state index in [2.05, 4.69) is 17.6 Å². The van der Waals surface area contributed by atoms with Gasteiger partial charge in [-0.1, -0.05) is 31.4 Å². The van der Waals surface area contributed by atoms with Crippen LogP contribution in [0.5, 0.6) is 0 Å². The van der Waals surface area contributed by atoms with Gasteiger partial charge in [0, 0.05) is 11.7 Å². The lowest BCUT2D eigenvalue weighted by atomic mass is 9.86. The minimum absolute atomic E-state index is 0.0108. The van der Waals surface area contributed by atoms with Gasteiger partial charge in [0.2, 0.25) is 5.91 Å². The topological polar surface area (TPSA) is 41.1 Å². The summed E-state index contributed by atoms with van der Waals surface area (Å²) >= 11 is 5.67. The summed E-state index contributed by atoms with van der Waals surface area (Å²) < 4.78 is 13.0. The van der Waals surface area contributed by atoms with E-state index in [4.69, 9.17) is 11.6 Å². The molecule has 0 bridgehead atoms. The lowest BCUT2D eigenvalue weighted by Crippen LogP contribution is -2.41. The number of anilines is 1. The van der Waals surface area contributed by atoms with Gasteiger partial charge >= 0.3 is 0 Å². The Morgan fingerprint density at radius 3 is 2.85 bits per heavy atom. The van der Waals surface area contributed by atoms with Crippen LogP contribution in [-0.4, -0.2) is 18.5 Å². The van der Waals surface area contributed by atoms with E-state index in [1.807, 2.05) is 0 Å². The molecule has 1 aliphatic carbocycles. The third-order valence-corrected chi connectivity index (χ3v) is 4.13. The molecule has 110 valence electrons. The number of carbonyl (C=O) groups is 1. The fraction of sp³-hybridized carbons (Fsp3) is 0.533. The van der Waals surface area contributed by atoms with Gasteiger partial charge in [0.15, 0.2) is 0 Å². The van der Waals surface area contributed by atoms with Crippen molar-refractivity contribution in [2.24, 2.45) is 5.92 Å². The van der Waals surface area contributed by atoms with Gasteiger partial charge in [0.25, 0.3) is 0 Å². The standard InChI is InChI=1S/C15H20ClFN2O/c1-10-4-2-3-5-14(10)18-9-15(20)19-11-6-7-13(17)12(16)8-11/h6-8,10,14,18H,2-5,9H2,1H3,(H,19,20). The van der Waals surface area contributed by atoms with E-state index >= 15 is 0 Å². The first-order chi connectivity index (χ1) is 9.56. The van der Waals surface area contributed by atoms with Crippen LogP contribution >= 0.6 is 11.6 Å². The Morgan fingerprint density at radius 1 is 1.40 bits per heavy atom. The Hall–Kier alpha value is -1.13. The highest BCUT2D eigenvalue weighted by molar-refractivity contribution is 6.31. The van der Waals surface area contributed by atoms with Crippen molar-refractivity contribution in [2.45, 2.75) is 38.6 Å². The van der Waals surface area contributed by atoms with Crippen LogP contribution in [0, 0.1) is 11.7 Å². The van der Waals surface area contributed by atoms with Gasteiger partial charge in [-0.15, -0.1) is 0 Å². The van der Waals surface area contributed by atoms with Crippen molar-refractivity contribution in [1.29, 1.82) is 0 Å². The van der Waals surface area contributed by atoms with Gasteiger partial charge in [0.1, 0.15) is 5.82 Å². The van der Waals surface area contributed by atoms with Gasteiger partial charge in [-0.05, 0) is 37.0 Å². The van der Waals surface area contributed by atoms with Crippen molar-refractivity contribution in [3.8, 4) is 0 Å². The fourth-order valence-corrected chi connectivity index (χ4v) is 2.80. The Kier molecular flexibility index (Phi) is 5.38. The van der Waals surface area contributed by atoms with Crippen molar-refractivity contribution in [2.75, 3.05) is 11.9 Å². The van der Waals surface area contributed by atoms with Crippen molar-refractivity contribution in [3.63, 3.8) is 0 Å². The van der Waals surface area contributed by atoms with Crippen LogP contribution in [0.4, 0.5) is 10.1 Å². The van der Waals surface area contributed by atoms with Gasteiger partial charge in [-0.3, -0.25) is 4.79 Å². The monoisotopic (exact) mass is 298 g/mol. The molecule has 1 aromatic carbocycles. The third kappa shape index (κ3) is 4.18. The molecule has 1 aliphatic rings. The molecule has 0 radical (unpaired) electrons. The quantitative estimate of drug-likeness (QED) is 0.892. The minimum atomic E-state index is -0.487. The molecule has 2 unspecified atom stereocenters. The summed E-state index contributed by atoms with van der Waals surface area (Å²) in [7, 11) is 0. The van der Waals surface area contributed by atoms with E-state index in [9.17, 15) is 9.18 Å². The maximum Gasteiger partial charge on any atom is 0.238 e. The summed E-state index contributed by atoms with van der Waals surface area (Å²) in [6.07, 6.45) is 4.83. The molecule has 1 aromatic rings. The summed E-state index contributed by atoms with van der Waals surface area (Å²) in [5, 5.41) is 6.02. The number of hydrogen-bond acceptors (Lipinski definition) is 2. The largest absolute Gasteiger partial charge is 0.325 e. The number of rotatable bonds is 4. The van der Waals surface area contributed by atoms with Gasteiger partial charge in [0.05, 0.1) is 11.6 Å². The van der Waals surface area contributed by atoms with Crippen molar-refractivity contribution < 1.29 is 9.18 Å². The lowest BCUT2D eigenvalue weighted by Gasteiger charge is -2.29. The number of amides is 1. The van der Waals surface area contributed by atoms with Gasteiger partial charge in [-0.25, -0.2) is 4.39 Å². The molecule has 20 heavy (non-hydrogen) atoms. The molecular weight excluding hydrogens is 279 g/mol. The molecule has 3 nitrogen and oxygen atoms in total. The molecule has 2 N–H and O–H groups in total. The average molecular weight is 299 g/mol. The zero-order valence-corrected chi connectivity index (χ0v) is 12.3. The molecular formula is C15H20ClFN2O. The molecule has 1 saturated carbocycles. The minimum Gasteiger partial charge on any atom is -0.325 e. The van der Waals surface area contributed by atoms with Crippen LogP contribution in [0.25, 0.3) is 0 Å². The normalized spacial score (nSPS) is 22.6. The summed E-state index contributed by atoms with van der Waals surface area (Å²) in [5.74, 6) is -0.0129. The molecule has 0 heterocycles. The Labute approximate surface area is 123 Å². The highest BCUT2D eigenvalue weighted by atomic mass is 35.5. The van der Waals surface area contributed by atoms with Crippen LogP contribution in [0.15, 0.2) is 18.2 Å². The van der Waals surface area contributed by atoms with E-state index in [-0.39, 0.29) is 17.5 Å². The lowest BCUT2D eigenvalue weighted by molar-refractivity contribution is -0.115. The maximum absolute atomic E-state index is 13.0. The molecule has 1 fully saturated rings. The van der Waals surface area contributed by atoms with E-state index in [0.717, 1.165) is 6.42 Å². The number of carbonyl (C=O) groups excluding carboxylic acids is 1. The number of nitrogens with one attached hydrogen (secondary N) is 2. The van der Waals surface area contributed by atoms with Crippen LogP contribution in [0.3, 0.4) is 0 Å². The van der Waals surface area contributed by atoms with Gasteiger partial charge in [-0.2, -0.15) is 0 Å². The second-order valence-electron chi connectivity index (χ2n) is 5.43. The van der Waals surface area contributed by atoms with E-state index in [1.165, 1.54) is 37.5 Å². The second kappa shape index (κ2) is 7.04. The third-order valence-electron chi connectivity index (χ3n) is 3.84. The predicted molar refractivity (Wildman–Crippen MR) is 79.5 cm³/mol. The Bertz CT molecular complexity index is 481. The van der Waals surface area contributed by atoms with E-state index in [1.54, 1.807) is 0 Å². The highest BCUT2D eigenvalue weighted by Gasteiger charge is 2.21. The first kappa shape index (κ1) is 15.3. The molecule has 0 aromatic heterocycles. The molecule has 0 spiro atoms. The molecule has 0 aliphatic heterocycles. The SMILES string of the molecule is CC1CCCCC1NCC(=O)Nc1ccc(F)c(Cl)c1. The van der Waals surface area contributed by atoms with Crippen molar-refractivity contribution in [1.82, 2.24) is 5.32 Å². The number of hydrogen-bond donors (Lipinski definition) is 2. The maximum atomic E-state index is 13.0. The van der Waals surface area contributed by atoms with Gasteiger partial charge < -0.3 is 10.6 Å². The predicted octanol–water partition coefficient (Wildman–Crippen LogP) is 3.59. The average Bonchev–Trinajstić information content (AvgIpc) is 2.42. The van der Waals surface area contributed by atoms with Crippen LogP contribution in [0.1, 0.15) is 32.6 Å². The number of halogens is 2. The summed E-state index contributed by atoms with van der Waals surface area (Å²) in [4.78, 5) is 11.8.